The van der Waals surface area contributed by atoms with Crippen molar-refractivity contribution >= 4 is 23.1 Å². The predicted octanol–water partition coefficient (Wildman–Crippen LogP) is 3.05. The van der Waals surface area contributed by atoms with Gasteiger partial charge in [0, 0.05) is 43.0 Å². The molecule has 4 rings (SSSR count). The van der Waals surface area contributed by atoms with Gasteiger partial charge in [-0.15, -0.1) is 10.2 Å². The van der Waals surface area contributed by atoms with Crippen LogP contribution in [0.2, 0.25) is 0 Å². The van der Waals surface area contributed by atoms with E-state index in [-0.39, 0.29) is 17.6 Å². The molecule has 1 fully saturated rings. The summed E-state index contributed by atoms with van der Waals surface area (Å²) in [4.78, 5) is 24.8. The molecule has 9 nitrogen and oxygen atoms in total. The Morgan fingerprint density at radius 1 is 1.22 bits per heavy atom. The van der Waals surface area contributed by atoms with Gasteiger partial charge in [-0.25, -0.2) is 4.79 Å². The second-order valence-electron chi connectivity index (χ2n) is 6.51. The van der Waals surface area contributed by atoms with Crippen LogP contribution in [0.5, 0.6) is 0 Å². The minimum absolute atomic E-state index is 0.0562. The fourth-order valence-electron chi connectivity index (χ4n) is 3.41. The molecule has 27 heavy (non-hydrogen) atoms. The number of pyridine rings is 1. The Labute approximate surface area is 154 Å². The van der Waals surface area contributed by atoms with E-state index in [1.54, 1.807) is 17.0 Å². The maximum absolute atomic E-state index is 12.6. The highest BCUT2D eigenvalue weighted by Crippen LogP contribution is 2.27. The lowest BCUT2D eigenvalue weighted by molar-refractivity contribution is -0.384. The van der Waals surface area contributed by atoms with Crippen molar-refractivity contribution in [1.82, 2.24) is 19.5 Å². The molecule has 3 heterocycles. The highest BCUT2D eigenvalue weighted by atomic mass is 16.6. The number of piperidine rings is 1. The van der Waals surface area contributed by atoms with Gasteiger partial charge < -0.3 is 10.2 Å². The predicted molar refractivity (Wildman–Crippen MR) is 98.7 cm³/mol. The smallest absolute Gasteiger partial charge is 0.321 e. The summed E-state index contributed by atoms with van der Waals surface area (Å²) in [5, 5.41) is 22.1. The Morgan fingerprint density at radius 3 is 2.96 bits per heavy atom. The average molecular weight is 366 g/mol. The molecule has 0 saturated carbocycles. The Kier molecular flexibility index (Phi) is 4.41. The van der Waals surface area contributed by atoms with Crippen LogP contribution in [0.25, 0.3) is 5.65 Å². The summed E-state index contributed by atoms with van der Waals surface area (Å²) in [6.07, 6.45) is 3.71. The van der Waals surface area contributed by atoms with Gasteiger partial charge in [0.05, 0.1) is 4.92 Å². The van der Waals surface area contributed by atoms with Crippen LogP contribution in [0.1, 0.15) is 24.6 Å². The zero-order valence-corrected chi connectivity index (χ0v) is 14.5. The Bertz CT molecular complexity index is 1000. The number of hydrogen-bond acceptors (Lipinski definition) is 5. The van der Waals surface area contributed by atoms with E-state index >= 15 is 0 Å². The topological polar surface area (TPSA) is 106 Å². The third kappa shape index (κ3) is 3.43. The molecule has 1 aromatic carbocycles. The van der Waals surface area contributed by atoms with Crippen molar-refractivity contribution in [3.05, 3.63) is 64.6 Å². The van der Waals surface area contributed by atoms with Crippen molar-refractivity contribution in [2.45, 2.75) is 18.8 Å². The molecule has 1 N–H and O–H groups in total. The van der Waals surface area contributed by atoms with Crippen molar-refractivity contribution in [2.24, 2.45) is 0 Å². The van der Waals surface area contributed by atoms with E-state index in [1.807, 2.05) is 28.8 Å². The highest BCUT2D eigenvalue weighted by molar-refractivity contribution is 5.89. The molecular formula is C18H18N6O3. The van der Waals surface area contributed by atoms with Crippen molar-refractivity contribution in [1.29, 1.82) is 0 Å². The van der Waals surface area contributed by atoms with Gasteiger partial charge in [0.1, 0.15) is 5.82 Å². The van der Waals surface area contributed by atoms with Crippen molar-refractivity contribution in [3.63, 3.8) is 0 Å². The van der Waals surface area contributed by atoms with Gasteiger partial charge in [-0.1, -0.05) is 12.1 Å². The number of urea groups is 1. The quantitative estimate of drug-likeness (QED) is 0.566. The van der Waals surface area contributed by atoms with Crippen LogP contribution in [0, 0.1) is 10.1 Å². The number of aromatic nitrogens is 3. The SMILES string of the molecule is O=C(Nc1cccc([N+](=O)[O-])c1)N1CCC[C@H](c2nnc3ccccn23)C1. The summed E-state index contributed by atoms with van der Waals surface area (Å²) in [5.74, 6) is 0.936. The molecule has 3 aromatic rings. The van der Waals surface area contributed by atoms with E-state index in [9.17, 15) is 14.9 Å². The van der Waals surface area contributed by atoms with Crippen LogP contribution < -0.4 is 5.32 Å². The molecule has 0 radical (unpaired) electrons. The normalized spacial score (nSPS) is 17.0. The number of likely N-dealkylation sites (tertiary alicyclic amines) is 1. The Morgan fingerprint density at radius 2 is 2.11 bits per heavy atom. The van der Waals surface area contributed by atoms with Gasteiger partial charge in [-0.2, -0.15) is 0 Å². The lowest BCUT2D eigenvalue weighted by atomic mass is 9.97. The summed E-state index contributed by atoms with van der Waals surface area (Å²) < 4.78 is 1.95. The first kappa shape index (κ1) is 17.0. The van der Waals surface area contributed by atoms with Crippen LogP contribution in [-0.2, 0) is 0 Å². The van der Waals surface area contributed by atoms with Crippen LogP contribution in [0.4, 0.5) is 16.2 Å². The number of hydrogen-bond donors (Lipinski definition) is 1. The summed E-state index contributed by atoms with van der Waals surface area (Å²) in [5.41, 5.74) is 1.13. The number of benzene rings is 1. The van der Waals surface area contributed by atoms with Gasteiger partial charge >= 0.3 is 6.03 Å². The standard InChI is InChI=1S/C18H18N6O3/c25-18(19-14-6-3-7-15(11-14)24(26)27)22-9-4-5-13(12-22)17-21-20-16-8-1-2-10-23(16)17/h1-3,6-8,10-11,13H,4-5,9,12H2,(H,19,25)/t13-/m0/s1. The first-order valence-corrected chi connectivity index (χ1v) is 8.72. The maximum atomic E-state index is 12.6. The zero-order chi connectivity index (χ0) is 18.8. The van der Waals surface area contributed by atoms with Gasteiger partial charge in [0.15, 0.2) is 5.65 Å². The number of fused-ring (bicyclic) bond motifs is 1. The van der Waals surface area contributed by atoms with Crippen molar-refractivity contribution < 1.29 is 9.72 Å². The van der Waals surface area contributed by atoms with Gasteiger partial charge in [-0.3, -0.25) is 14.5 Å². The first-order chi connectivity index (χ1) is 13.1. The highest BCUT2D eigenvalue weighted by Gasteiger charge is 2.28. The second kappa shape index (κ2) is 7.02. The summed E-state index contributed by atoms with van der Waals surface area (Å²) in [7, 11) is 0. The van der Waals surface area contributed by atoms with E-state index in [2.05, 4.69) is 15.5 Å². The second-order valence-corrected chi connectivity index (χ2v) is 6.51. The monoisotopic (exact) mass is 366 g/mol. The number of nitrogens with zero attached hydrogens (tertiary/aromatic N) is 5. The van der Waals surface area contributed by atoms with Crippen LogP contribution in [0.3, 0.4) is 0 Å². The fraction of sp³-hybridized carbons (Fsp3) is 0.278. The number of non-ortho nitro benzene ring substituents is 1. The molecular weight excluding hydrogens is 348 g/mol. The number of rotatable bonds is 3. The number of carbonyl (C=O) groups is 1. The van der Waals surface area contributed by atoms with Gasteiger partial charge in [0.2, 0.25) is 0 Å². The number of carbonyl (C=O) groups excluding carboxylic acids is 1. The van der Waals surface area contributed by atoms with Gasteiger partial charge in [-0.05, 0) is 31.0 Å². The number of anilines is 1. The summed E-state index contributed by atoms with van der Waals surface area (Å²) in [6, 6.07) is 11.4. The summed E-state index contributed by atoms with van der Waals surface area (Å²) in [6.45, 7) is 1.16. The number of nitrogens with one attached hydrogen (secondary N) is 1. The van der Waals surface area contributed by atoms with Crippen LogP contribution in [0.15, 0.2) is 48.7 Å². The molecule has 1 aliphatic rings. The van der Waals surface area contributed by atoms with E-state index in [4.69, 9.17) is 0 Å². The molecule has 1 atom stereocenters. The van der Waals surface area contributed by atoms with Gasteiger partial charge in [0.25, 0.3) is 5.69 Å². The first-order valence-electron chi connectivity index (χ1n) is 8.72. The molecule has 9 heteroatoms. The van der Waals surface area contributed by atoms with E-state index in [1.165, 1.54) is 12.1 Å². The van der Waals surface area contributed by atoms with E-state index in [0.717, 1.165) is 24.3 Å². The number of amides is 2. The minimum atomic E-state index is -0.483. The lowest BCUT2D eigenvalue weighted by Crippen LogP contribution is -2.42. The fourth-order valence-corrected chi connectivity index (χ4v) is 3.41. The maximum Gasteiger partial charge on any atom is 0.321 e. The molecule has 2 aromatic heterocycles. The number of nitro groups is 1. The molecule has 0 aliphatic carbocycles. The summed E-state index contributed by atoms with van der Waals surface area (Å²) >= 11 is 0. The molecule has 2 amide bonds. The molecule has 0 spiro atoms. The van der Waals surface area contributed by atoms with Crippen molar-refractivity contribution in [3.8, 4) is 0 Å². The lowest BCUT2D eigenvalue weighted by Gasteiger charge is -2.32. The Balaban J connectivity index is 1.49. The third-order valence-corrected chi connectivity index (χ3v) is 4.72. The third-order valence-electron chi connectivity index (χ3n) is 4.72. The van der Waals surface area contributed by atoms with E-state index < -0.39 is 4.92 Å². The molecule has 0 bridgehead atoms. The minimum Gasteiger partial charge on any atom is -0.324 e. The number of nitro benzene ring substituents is 1. The molecule has 1 aliphatic heterocycles. The Hall–Kier alpha value is -3.49. The zero-order valence-electron chi connectivity index (χ0n) is 14.5. The van der Waals surface area contributed by atoms with Crippen molar-refractivity contribution in [2.75, 3.05) is 18.4 Å². The molecule has 1 saturated heterocycles. The van der Waals surface area contributed by atoms with Crippen LogP contribution >= 0.6 is 0 Å². The van der Waals surface area contributed by atoms with E-state index in [0.29, 0.717) is 18.8 Å². The molecule has 138 valence electrons. The molecule has 0 unspecified atom stereocenters. The largest absolute Gasteiger partial charge is 0.324 e. The average Bonchev–Trinajstić information content (AvgIpc) is 3.12. The van der Waals surface area contributed by atoms with Crippen LogP contribution in [-0.4, -0.2) is 43.5 Å².